The van der Waals surface area contributed by atoms with Crippen molar-refractivity contribution < 1.29 is 17.9 Å². The van der Waals surface area contributed by atoms with Gasteiger partial charge in [-0.25, -0.2) is 13.2 Å². The van der Waals surface area contributed by atoms with Crippen molar-refractivity contribution in [1.29, 1.82) is 0 Å². The Balaban J connectivity index is 2.80. The van der Waals surface area contributed by atoms with Gasteiger partial charge in [0, 0.05) is 6.54 Å². The predicted octanol–water partition coefficient (Wildman–Crippen LogP) is 0.674. The highest BCUT2D eigenvalue weighted by Gasteiger charge is 2.39. The van der Waals surface area contributed by atoms with E-state index in [9.17, 15) is 13.2 Å². The molecule has 100 valence electrons. The summed E-state index contributed by atoms with van der Waals surface area (Å²) in [6, 6.07) is 0. The summed E-state index contributed by atoms with van der Waals surface area (Å²) in [5.74, 6) is -0.447. The number of amides is 1. The van der Waals surface area contributed by atoms with Crippen molar-refractivity contribution in [1.82, 2.24) is 4.90 Å². The first kappa shape index (κ1) is 14.2. The lowest BCUT2D eigenvalue weighted by Gasteiger charge is -2.28. The third kappa shape index (κ3) is 3.57. The Morgan fingerprint density at radius 3 is 2.53 bits per heavy atom. The van der Waals surface area contributed by atoms with Gasteiger partial charge in [0.15, 0.2) is 9.84 Å². The Labute approximate surface area is 102 Å². The number of nitrogens with zero attached hydrogens (tertiary/aromatic N) is 1. The maximum absolute atomic E-state index is 11.8. The van der Waals surface area contributed by atoms with Gasteiger partial charge in [-0.1, -0.05) is 0 Å². The van der Waals surface area contributed by atoms with Gasteiger partial charge >= 0.3 is 6.09 Å². The third-order valence-corrected chi connectivity index (χ3v) is 4.26. The first-order valence-corrected chi connectivity index (χ1v) is 7.30. The number of ether oxygens (including phenoxy) is 1. The minimum Gasteiger partial charge on any atom is -0.444 e. The topological polar surface area (TPSA) is 89.7 Å². The van der Waals surface area contributed by atoms with Crippen molar-refractivity contribution in [2.45, 2.75) is 44.6 Å². The van der Waals surface area contributed by atoms with Gasteiger partial charge in [-0.05, 0) is 33.6 Å². The molecule has 0 bridgehead atoms. The molecule has 1 fully saturated rings. The summed E-state index contributed by atoms with van der Waals surface area (Å²) in [4.78, 5) is 13.1. The van der Waals surface area contributed by atoms with Gasteiger partial charge in [-0.2, -0.15) is 0 Å². The number of carbonyl (C=O) groups excluding carboxylic acids is 1. The second-order valence-corrected chi connectivity index (χ2v) is 7.30. The molecule has 0 unspecified atom stereocenters. The van der Waals surface area contributed by atoms with Crippen LogP contribution in [0.1, 0.15) is 33.6 Å². The summed E-state index contributed by atoms with van der Waals surface area (Å²) < 4.78 is 28.6. The van der Waals surface area contributed by atoms with E-state index in [2.05, 4.69) is 0 Å². The Bertz CT molecular complexity index is 386. The fraction of sp³-hybridized carbons (Fsp3) is 0.900. The molecule has 0 spiro atoms. The van der Waals surface area contributed by atoms with E-state index in [1.165, 1.54) is 4.90 Å². The zero-order valence-corrected chi connectivity index (χ0v) is 11.3. The first-order valence-electron chi connectivity index (χ1n) is 5.58. The van der Waals surface area contributed by atoms with Crippen LogP contribution in [0.4, 0.5) is 4.79 Å². The molecule has 0 saturated carbocycles. The summed E-state index contributed by atoms with van der Waals surface area (Å²) in [6.45, 7) is 5.63. The van der Waals surface area contributed by atoms with E-state index in [-0.39, 0.29) is 0 Å². The van der Waals surface area contributed by atoms with Crippen molar-refractivity contribution in [3.05, 3.63) is 0 Å². The third-order valence-electron chi connectivity index (χ3n) is 2.47. The number of hydrogen-bond acceptors (Lipinski definition) is 5. The largest absolute Gasteiger partial charge is 0.444 e. The minimum absolute atomic E-state index is 0.402. The van der Waals surface area contributed by atoms with Gasteiger partial charge in [0.05, 0.1) is 5.88 Å². The van der Waals surface area contributed by atoms with E-state index < -0.39 is 32.8 Å². The summed E-state index contributed by atoms with van der Waals surface area (Å²) in [6.07, 6.45) is 0.499. The highest BCUT2D eigenvalue weighted by atomic mass is 32.2. The highest BCUT2D eigenvalue weighted by Crippen LogP contribution is 2.24. The summed E-state index contributed by atoms with van der Waals surface area (Å²) >= 11 is 0. The number of rotatable bonds is 2. The molecule has 1 aliphatic rings. The molecule has 0 aromatic heterocycles. The quantitative estimate of drug-likeness (QED) is 0.792. The number of carbonyl (C=O) groups is 1. The Morgan fingerprint density at radius 1 is 1.47 bits per heavy atom. The van der Waals surface area contributed by atoms with Crippen molar-refractivity contribution in [3.8, 4) is 0 Å². The van der Waals surface area contributed by atoms with E-state index in [0.717, 1.165) is 0 Å². The van der Waals surface area contributed by atoms with Crippen LogP contribution in [0.25, 0.3) is 0 Å². The van der Waals surface area contributed by atoms with Gasteiger partial charge < -0.3 is 10.5 Å². The normalized spacial score (nSPS) is 21.6. The van der Waals surface area contributed by atoms with Crippen LogP contribution in [0.2, 0.25) is 0 Å². The lowest BCUT2D eigenvalue weighted by Crippen LogP contribution is -2.44. The zero-order chi connectivity index (χ0) is 13.3. The maximum Gasteiger partial charge on any atom is 0.411 e. The molecule has 0 aromatic carbocycles. The molecule has 1 saturated heterocycles. The van der Waals surface area contributed by atoms with Gasteiger partial charge in [0.1, 0.15) is 11.0 Å². The molecule has 1 aliphatic heterocycles. The monoisotopic (exact) mass is 264 g/mol. The van der Waals surface area contributed by atoms with Crippen LogP contribution in [-0.2, 0) is 14.6 Å². The molecule has 1 rings (SSSR count). The SMILES string of the molecule is CC(C)(C)OC(=O)N1CCC[C@@H]1S(=O)(=O)CN. The summed E-state index contributed by atoms with van der Waals surface area (Å²) in [7, 11) is -3.44. The van der Waals surface area contributed by atoms with E-state index >= 15 is 0 Å². The number of hydrogen-bond donors (Lipinski definition) is 1. The Kier molecular flexibility index (Phi) is 4.03. The lowest BCUT2D eigenvalue weighted by molar-refractivity contribution is 0.0272. The molecular weight excluding hydrogens is 244 g/mol. The van der Waals surface area contributed by atoms with E-state index in [0.29, 0.717) is 19.4 Å². The smallest absolute Gasteiger partial charge is 0.411 e. The lowest BCUT2D eigenvalue weighted by atomic mass is 10.2. The van der Waals surface area contributed by atoms with E-state index in [1.807, 2.05) is 0 Å². The van der Waals surface area contributed by atoms with Crippen LogP contribution in [0.5, 0.6) is 0 Å². The molecule has 2 N–H and O–H groups in total. The second kappa shape index (κ2) is 4.81. The molecular formula is C10H20N2O4S. The molecule has 0 aliphatic carbocycles. The molecule has 1 amide bonds. The average molecular weight is 264 g/mol. The minimum atomic E-state index is -3.44. The summed E-state index contributed by atoms with van der Waals surface area (Å²) in [5, 5.41) is -0.831. The van der Waals surface area contributed by atoms with Gasteiger partial charge in [-0.15, -0.1) is 0 Å². The standard InChI is InChI=1S/C10H20N2O4S/c1-10(2,3)16-9(13)12-6-4-5-8(12)17(14,15)7-11/h8H,4-7,11H2,1-3H3/t8-/m0/s1. The van der Waals surface area contributed by atoms with Gasteiger partial charge in [0.25, 0.3) is 0 Å². The van der Waals surface area contributed by atoms with E-state index in [4.69, 9.17) is 10.5 Å². The van der Waals surface area contributed by atoms with Crippen LogP contribution in [-0.4, -0.2) is 42.8 Å². The molecule has 0 radical (unpaired) electrons. The highest BCUT2D eigenvalue weighted by molar-refractivity contribution is 7.91. The fourth-order valence-corrected chi connectivity index (χ4v) is 3.08. The number of sulfone groups is 1. The Morgan fingerprint density at radius 2 is 2.06 bits per heavy atom. The number of likely N-dealkylation sites (tertiary alicyclic amines) is 1. The summed E-state index contributed by atoms with van der Waals surface area (Å²) in [5.41, 5.74) is 4.58. The van der Waals surface area contributed by atoms with Crippen molar-refractivity contribution >= 4 is 15.9 Å². The van der Waals surface area contributed by atoms with Crippen molar-refractivity contribution in [2.24, 2.45) is 5.73 Å². The van der Waals surface area contributed by atoms with Crippen molar-refractivity contribution in [3.63, 3.8) is 0 Å². The molecule has 1 atom stereocenters. The maximum atomic E-state index is 11.8. The van der Waals surface area contributed by atoms with Crippen LogP contribution in [0, 0.1) is 0 Å². The van der Waals surface area contributed by atoms with Gasteiger partial charge in [0.2, 0.25) is 0 Å². The first-order chi connectivity index (χ1) is 7.67. The van der Waals surface area contributed by atoms with Crippen LogP contribution >= 0.6 is 0 Å². The zero-order valence-electron chi connectivity index (χ0n) is 10.5. The molecule has 6 nitrogen and oxygen atoms in total. The predicted molar refractivity (Wildman–Crippen MR) is 63.9 cm³/mol. The van der Waals surface area contributed by atoms with Gasteiger partial charge in [-0.3, -0.25) is 4.90 Å². The molecule has 1 heterocycles. The molecule has 7 heteroatoms. The van der Waals surface area contributed by atoms with Crippen LogP contribution in [0.3, 0.4) is 0 Å². The second-order valence-electron chi connectivity index (χ2n) is 5.10. The molecule has 17 heavy (non-hydrogen) atoms. The van der Waals surface area contributed by atoms with Crippen LogP contribution < -0.4 is 5.73 Å². The van der Waals surface area contributed by atoms with Crippen molar-refractivity contribution in [2.75, 3.05) is 12.4 Å². The van der Waals surface area contributed by atoms with E-state index in [1.54, 1.807) is 20.8 Å². The van der Waals surface area contributed by atoms with Crippen LogP contribution in [0.15, 0.2) is 0 Å². The molecule has 0 aromatic rings. The Hall–Kier alpha value is -0.820. The average Bonchev–Trinajstić information content (AvgIpc) is 2.63. The number of nitrogens with two attached hydrogens (primary N) is 1. The fourth-order valence-electron chi connectivity index (χ4n) is 1.75.